The van der Waals surface area contributed by atoms with E-state index in [0.717, 1.165) is 18.4 Å². The van der Waals surface area contributed by atoms with Crippen LogP contribution in [0.5, 0.6) is 5.75 Å². The number of methoxy groups -OCH3 is 1. The number of hydrogen-bond acceptors (Lipinski definition) is 5. The zero-order chi connectivity index (χ0) is 18.9. The molecule has 7 nitrogen and oxygen atoms in total. The van der Waals surface area contributed by atoms with Crippen molar-refractivity contribution in [3.8, 4) is 5.75 Å². The summed E-state index contributed by atoms with van der Waals surface area (Å²) in [5, 5.41) is 5.06. The lowest BCUT2D eigenvalue weighted by Crippen LogP contribution is -2.30. The van der Waals surface area contributed by atoms with Gasteiger partial charge in [-0.25, -0.2) is 22.0 Å². The average Bonchev–Trinajstić information content (AvgIpc) is 3.12. The zero-order valence-electron chi connectivity index (χ0n) is 14.2. The van der Waals surface area contributed by atoms with Gasteiger partial charge in [0.1, 0.15) is 5.75 Å². The van der Waals surface area contributed by atoms with Crippen LogP contribution in [0.4, 0.5) is 0 Å². The normalized spacial score (nSPS) is 18.8. The Kier molecular flexibility index (Phi) is 5.07. The molecule has 1 aliphatic rings. The summed E-state index contributed by atoms with van der Waals surface area (Å²) < 4.78 is 55.3. The Morgan fingerprint density at radius 2 is 1.54 bits per heavy atom. The van der Waals surface area contributed by atoms with Gasteiger partial charge in [-0.3, -0.25) is 0 Å². The first-order chi connectivity index (χ1) is 12.2. The molecule has 1 unspecified atom stereocenters. The summed E-state index contributed by atoms with van der Waals surface area (Å²) in [7, 11) is -6.04. The molecule has 2 N–H and O–H groups in total. The summed E-state index contributed by atoms with van der Waals surface area (Å²) in [4.78, 5) is -0.0742. The maximum atomic E-state index is 13.0. The predicted octanol–water partition coefficient (Wildman–Crippen LogP) is 1.87. The van der Waals surface area contributed by atoms with E-state index in [1.165, 1.54) is 28.6 Å². The molecule has 0 spiro atoms. The molecule has 26 heavy (non-hydrogen) atoms. The number of primary sulfonamides is 1. The lowest BCUT2D eigenvalue weighted by Gasteiger charge is -2.24. The fourth-order valence-electron chi connectivity index (χ4n) is 3.12. The average molecular weight is 396 g/mol. The van der Waals surface area contributed by atoms with E-state index >= 15 is 0 Å². The van der Waals surface area contributed by atoms with Gasteiger partial charge in [-0.1, -0.05) is 12.1 Å². The van der Waals surface area contributed by atoms with Crippen molar-refractivity contribution in [3.63, 3.8) is 0 Å². The van der Waals surface area contributed by atoms with Crippen molar-refractivity contribution in [2.24, 2.45) is 5.14 Å². The number of hydrogen-bond donors (Lipinski definition) is 1. The Hall–Kier alpha value is -1.94. The molecule has 0 aromatic heterocycles. The van der Waals surface area contributed by atoms with Crippen molar-refractivity contribution in [2.45, 2.75) is 28.7 Å². The van der Waals surface area contributed by atoms with Crippen LogP contribution in [0.15, 0.2) is 58.3 Å². The van der Waals surface area contributed by atoms with Gasteiger partial charge in [0.25, 0.3) is 0 Å². The van der Waals surface area contributed by atoms with E-state index in [0.29, 0.717) is 12.3 Å². The molecule has 1 aliphatic heterocycles. The van der Waals surface area contributed by atoms with Crippen LogP contribution in [0.2, 0.25) is 0 Å². The zero-order valence-corrected chi connectivity index (χ0v) is 15.8. The van der Waals surface area contributed by atoms with E-state index < -0.39 is 20.0 Å². The third kappa shape index (κ3) is 3.61. The topological polar surface area (TPSA) is 107 Å². The first-order valence-electron chi connectivity index (χ1n) is 8.02. The van der Waals surface area contributed by atoms with Gasteiger partial charge in [0.15, 0.2) is 0 Å². The first kappa shape index (κ1) is 18.8. The van der Waals surface area contributed by atoms with Gasteiger partial charge in [0.05, 0.1) is 22.9 Å². The number of nitrogens with two attached hydrogens (primary N) is 1. The number of rotatable bonds is 5. The summed E-state index contributed by atoms with van der Waals surface area (Å²) in [6, 6.07) is 12.0. The van der Waals surface area contributed by atoms with Gasteiger partial charge in [-0.15, -0.1) is 0 Å². The van der Waals surface area contributed by atoms with Crippen LogP contribution in [0, 0.1) is 0 Å². The molecule has 1 heterocycles. The highest BCUT2D eigenvalue weighted by molar-refractivity contribution is 7.89. The van der Waals surface area contributed by atoms with E-state index in [4.69, 9.17) is 9.88 Å². The van der Waals surface area contributed by atoms with E-state index in [-0.39, 0.29) is 15.8 Å². The second-order valence-corrected chi connectivity index (χ2v) is 9.52. The summed E-state index contributed by atoms with van der Waals surface area (Å²) in [5.41, 5.74) is 0.896. The van der Waals surface area contributed by atoms with Crippen molar-refractivity contribution in [1.82, 2.24) is 4.31 Å². The molecule has 1 fully saturated rings. The maximum Gasteiger partial charge on any atom is 0.243 e. The molecule has 9 heteroatoms. The van der Waals surface area contributed by atoms with E-state index in [1.54, 1.807) is 19.2 Å². The van der Waals surface area contributed by atoms with E-state index in [1.807, 2.05) is 12.1 Å². The Bertz CT molecular complexity index is 984. The highest BCUT2D eigenvalue weighted by atomic mass is 32.2. The third-order valence-electron chi connectivity index (χ3n) is 4.46. The number of sulfonamides is 2. The third-order valence-corrected chi connectivity index (χ3v) is 7.31. The van der Waals surface area contributed by atoms with Crippen molar-refractivity contribution in [2.75, 3.05) is 13.7 Å². The van der Waals surface area contributed by atoms with Crippen molar-refractivity contribution < 1.29 is 21.6 Å². The van der Waals surface area contributed by atoms with Crippen LogP contribution in [0.25, 0.3) is 0 Å². The fourth-order valence-corrected chi connectivity index (χ4v) is 5.32. The Balaban J connectivity index is 1.92. The Morgan fingerprint density at radius 1 is 0.962 bits per heavy atom. The summed E-state index contributed by atoms with van der Waals surface area (Å²) >= 11 is 0. The number of nitrogens with zero attached hydrogens (tertiary/aromatic N) is 1. The SMILES string of the molecule is COc1ccc(C2CCCN2S(=O)(=O)c2ccc(S(N)(=O)=O)cc2)cc1. The van der Waals surface area contributed by atoms with Crippen molar-refractivity contribution in [1.29, 1.82) is 0 Å². The van der Waals surface area contributed by atoms with Gasteiger partial charge in [0, 0.05) is 6.54 Å². The summed E-state index contributed by atoms with van der Waals surface area (Å²) in [6.07, 6.45) is 1.48. The second kappa shape index (κ2) is 6.99. The molecule has 2 aromatic carbocycles. The molecule has 2 aromatic rings. The largest absolute Gasteiger partial charge is 0.497 e. The maximum absolute atomic E-state index is 13.0. The first-order valence-corrected chi connectivity index (χ1v) is 11.0. The molecule has 140 valence electrons. The fraction of sp³-hybridized carbons (Fsp3) is 0.294. The van der Waals surface area contributed by atoms with Crippen LogP contribution in [-0.2, 0) is 20.0 Å². The summed E-state index contributed by atoms with van der Waals surface area (Å²) in [5.74, 6) is 0.708. The minimum absolute atomic E-state index is 0.0466. The van der Waals surface area contributed by atoms with E-state index in [9.17, 15) is 16.8 Å². The van der Waals surface area contributed by atoms with Gasteiger partial charge in [0.2, 0.25) is 20.0 Å². The van der Waals surface area contributed by atoms with Crippen LogP contribution >= 0.6 is 0 Å². The minimum atomic E-state index is -3.86. The quantitative estimate of drug-likeness (QED) is 0.830. The standard InChI is InChI=1S/C17H20N2O5S2/c1-24-14-6-4-13(5-7-14)17-3-2-12-19(17)26(22,23)16-10-8-15(9-11-16)25(18,20)21/h4-11,17H,2-3,12H2,1H3,(H2,18,20,21). The van der Waals surface area contributed by atoms with Crippen LogP contribution in [0.3, 0.4) is 0 Å². The highest BCUT2D eigenvalue weighted by Crippen LogP contribution is 2.37. The molecular formula is C17H20N2O5S2. The second-order valence-electron chi connectivity index (χ2n) is 6.06. The minimum Gasteiger partial charge on any atom is -0.497 e. The van der Waals surface area contributed by atoms with Crippen LogP contribution in [0.1, 0.15) is 24.4 Å². The molecule has 0 aliphatic carbocycles. The number of ether oxygens (including phenoxy) is 1. The molecule has 0 radical (unpaired) electrons. The Labute approximate surface area is 153 Å². The van der Waals surface area contributed by atoms with Crippen LogP contribution in [-0.4, -0.2) is 34.8 Å². The lowest BCUT2D eigenvalue weighted by molar-refractivity contribution is 0.394. The van der Waals surface area contributed by atoms with Gasteiger partial charge in [-0.2, -0.15) is 4.31 Å². The van der Waals surface area contributed by atoms with Gasteiger partial charge < -0.3 is 4.74 Å². The lowest BCUT2D eigenvalue weighted by atomic mass is 10.1. The monoisotopic (exact) mass is 396 g/mol. The molecule has 0 bridgehead atoms. The predicted molar refractivity (Wildman–Crippen MR) is 96.7 cm³/mol. The molecule has 1 saturated heterocycles. The van der Waals surface area contributed by atoms with Crippen molar-refractivity contribution in [3.05, 3.63) is 54.1 Å². The molecule has 1 atom stereocenters. The van der Waals surface area contributed by atoms with E-state index in [2.05, 4.69) is 0 Å². The molecule has 0 amide bonds. The van der Waals surface area contributed by atoms with Crippen LogP contribution < -0.4 is 9.88 Å². The smallest absolute Gasteiger partial charge is 0.243 e. The molecule has 0 saturated carbocycles. The van der Waals surface area contributed by atoms with Gasteiger partial charge in [-0.05, 0) is 54.8 Å². The molecular weight excluding hydrogens is 376 g/mol. The van der Waals surface area contributed by atoms with Gasteiger partial charge >= 0.3 is 0 Å². The number of benzene rings is 2. The molecule has 3 rings (SSSR count). The van der Waals surface area contributed by atoms with Crippen molar-refractivity contribution >= 4 is 20.0 Å². The highest BCUT2D eigenvalue weighted by Gasteiger charge is 2.36. The summed E-state index contributed by atoms with van der Waals surface area (Å²) in [6.45, 7) is 0.413. The Morgan fingerprint density at radius 3 is 2.08 bits per heavy atom.